The summed E-state index contributed by atoms with van der Waals surface area (Å²) in [5, 5.41) is 3.20. The van der Waals surface area contributed by atoms with Crippen LogP contribution in [0.25, 0.3) is 0 Å². The Morgan fingerprint density at radius 1 is 1.38 bits per heavy atom. The molecule has 0 spiro atoms. The number of hydrogen-bond acceptors (Lipinski definition) is 4. The molecule has 0 aliphatic heterocycles. The van der Waals surface area contributed by atoms with Crippen LogP contribution in [-0.2, 0) is 15.1 Å². The molecule has 1 rings (SSSR count). The molecule has 1 aromatic rings. The van der Waals surface area contributed by atoms with E-state index >= 15 is 0 Å². The van der Waals surface area contributed by atoms with Crippen molar-refractivity contribution < 1.29 is 9.53 Å². The molecule has 0 bridgehead atoms. The van der Waals surface area contributed by atoms with Crippen LogP contribution in [0.3, 0.4) is 0 Å². The molecule has 2 unspecified atom stereocenters. The highest BCUT2D eigenvalue weighted by molar-refractivity contribution is 7.99. The molecule has 0 saturated heterocycles. The molecule has 0 saturated carbocycles. The number of esters is 1. The van der Waals surface area contributed by atoms with E-state index < -0.39 is 5.54 Å². The van der Waals surface area contributed by atoms with Crippen molar-refractivity contribution in [2.24, 2.45) is 5.92 Å². The summed E-state index contributed by atoms with van der Waals surface area (Å²) in [6.07, 6.45) is 1.92. The third kappa shape index (κ3) is 4.75. The summed E-state index contributed by atoms with van der Waals surface area (Å²) < 4.78 is 5.05. The number of likely N-dealkylation sites (N-methyl/N-ethyl adjacent to an activating group) is 1. The van der Waals surface area contributed by atoms with E-state index in [0.717, 1.165) is 23.5 Å². The molecule has 118 valence electrons. The van der Waals surface area contributed by atoms with Crippen LogP contribution in [0.4, 0.5) is 0 Å². The fraction of sp³-hybridized carbons (Fsp3) is 0.588. The van der Waals surface area contributed by atoms with Gasteiger partial charge in [0.25, 0.3) is 0 Å². The van der Waals surface area contributed by atoms with Gasteiger partial charge in [-0.1, -0.05) is 50.6 Å². The zero-order valence-corrected chi connectivity index (χ0v) is 14.3. The number of rotatable bonds is 9. The highest BCUT2D eigenvalue weighted by Crippen LogP contribution is 2.28. The SMILES string of the molecule is CCC(C)CSCCC(NC)(C(=O)OC)c1ccccc1. The van der Waals surface area contributed by atoms with Gasteiger partial charge in [0.05, 0.1) is 7.11 Å². The summed E-state index contributed by atoms with van der Waals surface area (Å²) in [4.78, 5) is 12.4. The Balaban J connectivity index is 2.80. The van der Waals surface area contributed by atoms with Crippen molar-refractivity contribution in [3.05, 3.63) is 35.9 Å². The molecular weight excluding hydrogens is 282 g/mol. The number of hydrogen-bond donors (Lipinski definition) is 1. The predicted octanol–water partition coefficient (Wildman–Crippen LogP) is 3.44. The molecule has 0 radical (unpaired) electrons. The minimum absolute atomic E-state index is 0.222. The highest BCUT2D eigenvalue weighted by atomic mass is 32.2. The van der Waals surface area contributed by atoms with Crippen molar-refractivity contribution in [3.8, 4) is 0 Å². The van der Waals surface area contributed by atoms with Gasteiger partial charge >= 0.3 is 5.97 Å². The van der Waals surface area contributed by atoms with Crippen LogP contribution >= 0.6 is 11.8 Å². The Hall–Kier alpha value is -1.00. The Bertz CT molecular complexity index is 424. The van der Waals surface area contributed by atoms with Crippen molar-refractivity contribution >= 4 is 17.7 Å². The second-order valence-electron chi connectivity index (χ2n) is 5.35. The first kappa shape index (κ1) is 18.1. The Labute approximate surface area is 132 Å². The van der Waals surface area contributed by atoms with Gasteiger partial charge in [-0.15, -0.1) is 0 Å². The Morgan fingerprint density at radius 2 is 2.05 bits per heavy atom. The van der Waals surface area contributed by atoms with Gasteiger partial charge in [0.1, 0.15) is 5.54 Å². The van der Waals surface area contributed by atoms with Gasteiger partial charge in [0.2, 0.25) is 0 Å². The number of nitrogens with one attached hydrogen (secondary N) is 1. The van der Waals surface area contributed by atoms with Crippen LogP contribution in [0.2, 0.25) is 0 Å². The monoisotopic (exact) mass is 309 g/mol. The van der Waals surface area contributed by atoms with Crippen LogP contribution in [0, 0.1) is 5.92 Å². The zero-order valence-electron chi connectivity index (χ0n) is 13.5. The fourth-order valence-electron chi connectivity index (χ4n) is 2.26. The summed E-state index contributed by atoms with van der Waals surface area (Å²) in [6, 6.07) is 9.83. The maximum Gasteiger partial charge on any atom is 0.330 e. The van der Waals surface area contributed by atoms with E-state index in [1.807, 2.05) is 49.1 Å². The lowest BCUT2D eigenvalue weighted by molar-refractivity contribution is -0.149. The second-order valence-corrected chi connectivity index (χ2v) is 6.50. The summed E-state index contributed by atoms with van der Waals surface area (Å²) in [7, 11) is 3.27. The average molecular weight is 309 g/mol. The van der Waals surface area contributed by atoms with Crippen LogP contribution in [0.1, 0.15) is 32.3 Å². The number of carbonyl (C=O) groups excluding carboxylic acids is 1. The minimum Gasteiger partial charge on any atom is -0.467 e. The third-order valence-corrected chi connectivity index (χ3v) is 5.25. The molecule has 3 nitrogen and oxygen atoms in total. The van der Waals surface area contributed by atoms with Gasteiger partial charge < -0.3 is 10.1 Å². The van der Waals surface area contributed by atoms with Crippen LogP contribution in [0.15, 0.2) is 30.3 Å². The van der Waals surface area contributed by atoms with Crippen LogP contribution in [-0.4, -0.2) is 31.6 Å². The Kier molecular flexibility index (Phi) is 7.83. The molecule has 2 atom stereocenters. The van der Waals surface area contributed by atoms with Crippen molar-refractivity contribution in [2.75, 3.05) is 25.7 Å². The lowest BCUT2D eigenvalue weighted by Gasteiger charge is -2.31. The van der Waals surface area contributed by atoms with Gasteiger partial charge in [-0.25, -0.2) is 4.79 Å². The number of ether oxygens (including phenoxy) is 1. The fourth-order valence-corrected chi connectivity index (χ4v) is 3.52. The van der Waals surface area contributed by atoms with E-state index in [4.69, 9.17) is 4.74 Å². The molecule has 1 aromatic carbocycles. The second kappa shape index (κ2) is 9.11. The predicted molar refractivity (Wildman–Crippen MR) is 90.6 cm³/mol. The smallest absolute Gasteiger partial charge is 0.330 e. The first-order valence-corrected chi connectivity index (χ1v) is 8.66. The minimum atomic E-state index is -0.752. The van der Waals surface area contributed by atoms with E-state index in [1.165, 1.54) is 13.5 Å². The number of carbonyl (C=O) groups is 1. The number of benzene rings is 1. The standard InChI is InChI=1S/C17H27NO2S/c1-5-14(2)13-21-12-11-17(18-3,16(19)20-4)15-9-7-6-8-10-15/h6-10,14,18H,5,11-13H2,1-4H3. The lowest BCUT2D eigenvalue weighted by Crippen LogP contribution is -2.48. The molecule has 4 heteroatoms. The topological polar surface area (TPSA) is 38.3 Å². The van der Waals surface area contributed by atoms with E-state index in [9.17, 15) is 4.79 Å². The van der Waals surface area contributed by atoms with Gasteiger partial charge in [0, 0.05) is 0 Å². The van der Waals surface area contributed by atoms with Crippen molar-refractivity contribution in [1.82, 2.24) is 5.32 Å². The number of methoxy groups -OCH3 is 1. The summed E-state index contributed by atoms with van der Waals surface area (Å²) in [5.74, 6) is 2.55. The summed E-state index contributed by atoms with van der Waals surface area (Å²) in [6.45, 7) is 4.47. The maximum atomic E-state index is 12.4. The molecule has 0 fully saturated rings. The molecule has 0 aliphatic carbocycles. The summed E-state index contributed by atoms with van der Waals surface area (Å²) >= 11 is 1.90. The molecule has 0 aliphatic rings. The van der Waals surface area contributed by atoms with E-state index in [1.54, 1.807) is 0 Å². The van der Waals surface area contributed by atoms with Crippen LogP contribution in [0.5, 0.6) is 0 Å². The molecular formula is C17H27NO2S. The Morgan fingerprint density at radius 3 is 2.57 bits per heavy atom. The first-order valence-electron chi connectivity index (χ1n) is 7.51. The third-order valence-electron chi connectivity index (χ3n) is 3.95. The van der Waals surface area contributed by atoms with Crippen molar-refractivity contribution in [3.63, 3.8) is 0 Å². The molecule has 0 heterocycles. The number of thioether (sulfide) groups is 1. The first-order chi connectivity index (χ1) is 10.1. The lowest BCUT2D eigenvalue weighted by atomic mass is 9.87. The van der Waals surface area contributed by atoms with Gasteiger partial charge in [-0.3, -0.25) is 0 Å². The quantitative estimate of drug-likeness (QED) is 0.560. The average Bonchev–Trinajstić information content (AvgIpc) is 2.55. The van der Waals surface area contributed by atoms with Crippen molar-refractivity contribution in [2.45, 2.75) is 32.2 Å². The molecule has 1 N–H and O–H groups in total. The van der Waals surface area contributed by atoms with E-state index in [0.29, 0.717) is 5.92 Å². The van der Waals surface area contributed by atoms with Gasteiger partial charge in [-0.2, -0.15) is 11.8 Å². The normalized spacial score (nSPS) is 15.2. The van der Waals surface area contributed by atoms with Crippen molar-refractivity contribution in [1.29, 1.82) is 0 Å². The zero-order chi connectivity index (χ0) is 15.7. The van der Waals surface area contributed by atoms with E-state index in [2.05, 4.69) is 19.2 Å². The maximum absolute atomic E-state index is 12.4. The molecule has 0 aromatic heterocycles. The largest absolute Gasteiger partial charge is 0.467 e. The molecule has 21 heavy (non-hydrogen) atoms. The van der Waals surface area contributed by atoms with Crippen LogP contribution < -0.4 is 5.32 Å². The molecule has 0 amide bonds. The van der Waals surface area contributed by atoms with Gasteiger partial charge in [-0.05, 0) is 36.5 Å². The van der Waals surface area contributed by atoms with Gasteiger partial charge in [0.15, 0.2) is 0 Å². The van der Waals surface area contributed by atoms with E-state index in [-0.39, 0.29) is 5.97 Å². The highest BCUT2D eigenvalue weighted by Gasteiger charge is 2.39. The summed E-state index contributed by atoms with van der Waals surface area (Å²) in [5.41, 5.74) is 0.210.